The van der Waals surface area contributed by atoms with Crippen molar-refractivity contribution in [3.05, 3.63) is 11.6 Å². The van der Waals surface area contributed by atoms with E-state index in [9.17, 15) is 4.79 Å². The number of unbranched alkanes of at least 4 members (excludes halogenated alkanes) is 6. The van der Waals surface area contributed by atoms with Gasteiger partial charge in [0.1, 0.15) is 6.29 Å². The Bertz CT molecular complexity index is 159. The molecule has 0 unspecified atom stereocenters. The largest absolute Gasteiger partial charge is 0.299 e. The molecule has 0 saturated carbocycles. The van der Waals surface area contributed by atoms with Crippen LogP contribution in [0.4, 0.5) is 0 Å². The lowest BCUT2D eigenvalue weighted by Gasteiger charge is -2.01. The molecule has 14 heavy (non-hydrogen) atoms. The van der Waals surface area contributed by atoms with E-state index in [0.29, 0.717) is 0 Å². The predicted octanol–water partition coefficient (Wildman–Crippen LogP) is 4.27. The smallest absolute Gasteiger partial charge is 0.142 e. The molecule has 0 heterocycles. The maximum absolute atomic E-state index is 10.1. The molecule has 0 rings (SSSR count). The van der Waals surface area contributed by atoms with E-state index in [-0.39, 0.29) is 0 Å². The van der Waals surface area contributed by atoms with Crippen LogP contribution in [0.25, 0.3) is 0 Å². The van der Waals surface area contributed by atoms with Crippen LogP contribution in [0.3, 0.4) is 0 Å². The first-order valence-corrected chi connectivity index (χ1v) is 5.92. The van der Waals surface area contributed by atoms with Crippen LogP contribution >= 0.6 is 0 Å². The van der Waals surface area contributed by atoms with Crippen molar-refractivity contribution in [3.63, 3.8) is 0 Å². The fourth-order valence-corrected chi connectivity index (χ4v) is 1.56. The van der Waals surface area contributed by atoms with Gasteiger partial charge >= 0.3 is 0 Å². The van der Waals surface area contributed by atoms with Crippen molar-refractivity contribution in [2.45, 2.75) is 65.2 Å². The minimum absolute atomic E-state index is 0.885. The Kier molecular flexibility index (Phi) is 10.0. The average Bonchev–Trinajstić information content (AvgIpc) is 2.17. The van der Waals surface area contributed by atoms with Crippen LogP contribution in [0.2, 0.25) is 0 Å². The molecule has 1 nitrogen and oxygen atoms in total. The van der Waals surface area contributed by atoms with Crippen LogP contribution in [0.5, 0.6) is 0 Å². The van der Waals surface area contributed by atoms with Crippen molar-refractivity contribution in [1.82, 2.24) is 0 Å². The fraction of sp³-hybridized carbons (Fsp3) is 0.769. The van der Waals surface area contributed by atoms with Crippen molar-refractivity contribution in [2.24, 2.45) is 0 Å². The summed E-state index contributed by atoms with van der Waals surface area (Å²) >= 11 is 0. The molecule has 0 atom stereocenters. The third-order valence-corrected chi connectivity index (χ3v) is 2.53. The number of rotatable bonds is 9. The quantitative estimate of drug-likeness (QED) is 0.306. The third kappa shape index (κ3) is 9.50. The first-order chi connectivity index (χ1) is 6.81. The van der Waals surface area contributed by atoms with Gasteiger partial charge in [0, 0.05) is 0 Å². The summed E-state index contributed by atoms with van der Waals surface area (Å²) in [7, 11) is 0. The Morgan fingerprint density at radius 3 is 2.14 bits per heavy atom. The predicted molar refractivity (Wildman–Crippen MR) is 62.4 cm³/mol. The molecule has 1 heteroatoms. The molecule has 0 aliphatic rings. The van der Waals surface area contributed by atoms with Gasteiger partial charge in [-0.05, 0) is 25.8 Å². The minimum Gasteiger partial charge on any atom is -0.299 e. The highest BCUT2D eigenvalue weighted by atomic mass is 16.1. The Balaban J connectivity index is 3.13. The number of aldehydes is 1. The molecule has 0 amide bonds. The van der Waals surface area contributed by atoms with E-state index in [1.807, 2.05) is 6.92 Å². The van der Waals surface area contributed by atoms with E-state index in [1.54, 1.807) is 6.08 Å². The Hall–Kier alpha value is -0.590. The molecule has 0 spiro atoms. The molecule has 0 bridgehead atoms. The van der Waals surface area contributed by atoms with Gasteiger partial charge in [-0.15, -0.1) is 0 Å². The van der Waals surface area contributed by atoms with Gasteiger partial charge in [0.25, 0.3) is 0 Å². The van der Waals surface area contributed by atoms with E-state index < -0.39 is 0 Å². The molecule has 82 valence electrons. The zero-order valence-electron chi connectivity index (χ0n) is 9.72. The molecule has 0 aliphatic heterocycles. The summed E-state index contributed by atoms with van der Waals surface area (Å²) in [6.07, 6.45) is 13.0. The maximum atomic E-state index is 10.1. The molecule has 0 saturated heterocycles. The summed E-state index contributed by atoms with van der Waals surface area (Å²) in [5.74, 6) is 0. The van der Waals surface area contributed by atoms with E-state index in [0.717, 1.165) is 12.7 Å². The summed E-state index contributed by atoms with van der Waals surface area (Å²) in [5.41, 5.74) is 1.22. The van der Waals surface area contributed by atoms with Gasteiger partial charge in [-0.3, -0.25) is 4.79 Å². The SMILES string of the molecule is CCCCCCCCCC(C)=CC=O. The fourth-order valence-electron chi connectivity index (χ4n) is 1.56. The average molecular weight is 196 g/mol. The number of allylic oxidation sites excluding steroid dienone is 2. The molecule has 0 N–H and O–H groups in total. The van der Waals surface area contributed by atoms with Gasteiger partial charge in [0.15, 0.2) is 0 Å². The van der Waals surface area contributed by atoms with Gasteiger partial charge in [0.2, 0.25) is 0 Å². The van der Waals surface area contributed by atoms with Crippen molar-refractivity contribution in [3.8, 4) is 0 Å². The van der Waals surface area contributed by atoms with Crippen LogP contribution < -0.4 is 0 Å². The third-order valence-electron chi connectivity index (χ3n) is 2.53. The molecule has 0 aliphatic carbocycles. The van der Waals surface area contributed by atoms with Crippen LogP contribution in [0.1, 0.15) is 65.2 Å². The second-order valence-electron chi connectivity index (χ2n) is 4.02. The monoisotopic (exact) mass is 196 g/mol. The Morgan fingerprint density at radius 1 is 1.00 bits per heavy atom. The summed E-state index contributed by atoms with van der Waals surface area (Å²) in [6, 6.07) is 0. The van der Waals surface area contributed by atoms with Crippen LogP contribution in [0, 0.1) is 0 Å². The van der Waals surface area contributed by atoms with Crippen molar-refractivity contribution >= 4 is 6.29 Å². The summed E-state index contributed by atoms with van der Waals surface area (Å²) in [6.45, 7) is 4.28. The number of hydrogen-bond donors (Lipinski definition) is 0. The summed E-state index contributed by atoms with van der Waals surface area (Å²) < 4.78 is 0. The lowest BCUT2D eigenvalue weighted by Crippen LogP contribution is -1.82. The van der Waals surface area contributed by atoms with Crippen LogP contribution in [-0.2, 0) is 4.79 Å². The number of carbonyl (C=O) groups excluding carboxylic acids is 1. The zero-order valence-corrected chi connectivity index (χ0v) is 9.72. The van der Waals surface area contributed by atoms with Crippen LogP contribution in [-0.4, -0.2) is 6.29 Å². The standard InChI is InChI=1S/C13H24O/c1-3-4-5-6-7-8-9-10-13(2)11-12-14/h11-12H,3-10H2,1-2H3. The molecule has 0 radical (unpaired) electrons. The second-order valence-corrected chi connectivity index (χ2v) is 4.02. The van der Waals surface area contributed by atoms with Gasteiger partial charge in [0.05, 0.1) is 0 Å². The summed E-state index contributed by atoms with van der Waals surface area (Å²) in [5, 5.41) is 0. The van der Waals surface area contributed by atoms with E-state index in [4.69, 9.17) is 0 Å². The first kappa shape index (κ1) is 13.4. The zero-order chi connectivity index (χ0) is 10.6. The van der Waals surface area contributed by atoms with E-state index >= 15 is 0 Å². The lowest BCUT2D eigenvalue weighted by molar-refractivity contribution is -0.104. The normalized spacial score (nSPS) is 11.7. The van der Waals surface area contributed by atoms with Gasteiger partial charge in [-0.2, -0.15) is 0 Å². The van der Waals surface area contributed by atoms with Gasteiger partial charge in [-0.1, -0.05) is 51.0 Å². The second kappa shape index (κ2) is 10.5. The highest BCUT2D eigenvalue weighted by Gasteiger charge is 1.92. The minimum atomic E-state index is 0.885. The molecular formula is C13H24O. The molecule has 0 aromatic heterocycles. The number of carbonyl (C=O) groups is 1. The topological polar surface area (TPSA) is 17.1 Å². The van der Waals surface area contributed by atoms with E-state index in [1.165, 1.54) is 50.5 Å². The Morgan fingerprint density at radius 2 is 1.57 bits per heavy atom. The Labute approximate surface area is 88.6 Å². The lowest BCUT2D eigenvalue weighted by atomic mass is 10.1. The number of hydrogen-bond acceptors (Lipinski definition) is 1. The van der Waals surface area contributed by atoms with Gasteiger partial charge in [-0.25, -0.2) is 0 Å². The van der Waals surface area contributed by atoms with Gasteiger partial charge < -0.3 is 0 Å². The molecular weight excluding hydrogens is 172 g/mol. The first-order valence-electron chi connectivity index (χ1n) is 5.92. The van der Waals surface area contributed by atoms with E-state index in [2.05, 4.69) is 6.92 Å². The molecule has 0 aromatic carbocycles. The van der Waals surface area contributed by atoms with Crippen molar-refractivity contribution < 1.29 is 4.79 Å². The molecule has 0 aromatic rings. The molecule has 0 fully saturated rings. The van der Waals surface area contributed by atoms with Crippen molar-refractivity contribution in [1.29, 1.82) is 0 Å². The highest BCUT2D eigenvalue weighted by Crippen LogP contribution is 2.11. The maximum Gasteiger partial charge on any atom is 0.142 e. The van der Waals surface area contributed by atoms with Crippen molar-refractivity contribution in [2.75, 3.05) is 0 Å². The highest BCUT2D eigenvalue weighted by molar-refractivity contribution is 5.65. The van der Waals surface area contributed by atoms with Crippen LogP contribution in [0.15, 0.2) is 11.6 Å². The summed E-state index contributed by atoms with van der Waals surface area (Å²) in [4.78, 5) is 10.1.